The van der Waals surface area contributed by atoms with Crippen molar-refractivity contribution >= 4 is 28.1 Å². The molecule has 0 aliphatic rings. The number of nitrogens with one attached hydrogen (secondary N) is 1. The van der Waals surface area contributed by atoms with E-state index < -0.39 is 0 Å². The molecule has 0 aliphatic carbocycles. The standard InChI is InChI=1S/C18H11N2O/c21-11-18-19-16-8-7-15(10-17(16)20-18)14-6-5-12-3-1-2-4-13(12)9-14/h1-10H,(H,19,20). The summed E-state index contributed by atoms with van der Waals surface area (Å²) in [5.74, 6) is 0.237. The van der Waals surface area contributed by atoms with Gasteiger partial charge in [0.05, 0.1) is 11.0 Å². The number of imidazole rings is 1. The molecule has 1 aromatic heterocycles. The molecule has 0 saturated carbocycles. The lowest BCUT2D eigenvalue weighted by molar-refractivity contribution is 0.560. The molecule has 3 aromatic carbocycles. The zero-order valence-electron chi connectivity index (χ0n) is 11.1. The number of H-pyrrole nitrogens is 1. The number of nitrogens with zero attached hydrogens (tertiary/aromatic N) is 1. The van der Waals surface area contributed by atoms with Crippen LogP contribution in [0.25, 0.3) is 32.9 Å². The van der Waals surface area contributed by atoms with E-state index in [0.717, 1.165) is 22.2 Å². The molecule has 0 amide bonds. The number of aromatic amines is 1. The average Bonchev–Trinajstić information content (AvgIpc) is 2.96. The minimum absolute atomic E-state index is 0.237. The van der Waals surface area contributed by atoms with Gasteiger partial charge in [0.25, 0.3) is 6.29 Å². The van der Waals surface area contributed by atoms with Crippen LogP contribution in [0.4, 0.5) is 0 Å². The summed E-state index contributed by atoms with van der Waals surface area (Å²) >= 11 is 0. The lowest BCUT2D eigenvalue weighted by atomic mass is 10.0. The summed E-state index contributed by atoms with van der Waals surface area (Å²) in [5, 5.41) is 2.43. The van der Waals surface area contributed by atoms with Gasteiger partial charge in [0.1, 0.15) is 0 Å². The van der Waals surface area contributed by atoms with Gasteiger partial charge in [0.15, 0.2) is 5.82 Å². The van der Waals surface area contributed by atoms with Gasteiger partial charge in [0.2, 0.25) is 0 Å². The highest BCUT2D eigenvalue weighted by Crippen LogP contribution is 2.26. The summed E-state index contributed by atoms with van der Waals surface area (Å²) in [6, 6.07) is 20.6. The van der Waals surface area contributed by atoms with Crippen LogP contribution in [-0.4, -0.2) is 16.3 Å². The second kappa shape index (κ2) is 4.56. The molecule has 3 heteroatoms. The van der Waals surface area contributed by atoms with Crippen molar-refractivity contribution in [3.8, 4) is 11.1 Å². The second-order valence-electron chi connectivity index (χ2n) is 4.98. The lowest BCUT2D eigenvalue weighted by Gasteiger charge is -2.04. The molecule has 0 aliphatic heterocycles. The number of aromatic nitrogens is 2. The highest BCUT2D eigenvalue weighted by Gasteiger charge is 2.05. The molecule has 0 spiro atoms. The Kier molecular flexibility index (Phi) is 2.57. The van der Waals surface area contributed by atoms with Crippen molar-refractivity contribution in [2.24, 2.45) is 0 Å². The number of benzene rings is 3. The Morgan fingerprint density at radius 1 is 0.857 bits per heavy atom. The maximum atomic E-state index is 10.7. The number of carbonyl (C=O) groups excluding carboxylic acids is 1. The Labute approximate surface area is 121 Å². The van der Waals surface area contributed by atoms with Gasteiger partial charge in [-0.15, -0.1) is 0 Å². The number of rotatable bonds is 2. The quantitative estimate of drug-likeness (QED) is 0.602. The minimum atomic E-state index is 0.237. The van der Waals surface area contributed by atoms with Crippen LogP contribution in [0.2, 0.25) is 0 Å². The fraction of sp³-hybridized carbons (Fsp3) is 0. The van der Waals surface area contributed by atoms with E-state index in [4.69, 9.17) is 0 Å². The molecule has 0 unspecified atom stereocenters. The van der Waals surface area contributed by atoms with Crippen molar-refractivity contribution < 1.29 is 4.79 Å². The van der Waals surface area contributed by atoms with Crippen LogP contribution in [-0.2, 0) is 4.79 Å². The first kappa shape index (κ1) is 11.9. The molecular weight excluding hydrogens is 260 g/mol. The highest BCUT2D eigenvalue weighted by atomic mass is 16.1. The molecule has 1 N–H and O–H groups in total. The average molecular weight is 271 g/mol. The monoisotopic (exact) mass is 271 g/mol. The second-order valence-corrected chi connectivity index (χ2v) is 4.98. The summed E-state index contributed by atoms with van der Waals surface area (Å²) in [4.78, 5) is 17.8. The number of hydrogen-bond acceptors (Lipinski definition) is 2. The van der Waals surface area contributed by atoms with Crippen molar-refractivity contribution in [1.29, 1.82) is 0 Å². The SMILES string of the molecule is O=[C]c1nc2cc(-c3ccc4ccccc4c3)ccc2[nH]1. The minimum Gasteiger partial charge on any atom is -0.335 e. The first-order valence-corrected chi connectivity index (χ1v) is 6.70. The third-order valence-corrected chi connectivity index (χ3v) is 3.66. The lowest BCUT2D eigenvalue weighted by Crippen LogP contribution is -1.80. The molecule has 0 bridgehead atoms. The first-order chi connectivity index (χ1) is 10.3. The molecule has 4 rings (SSSR count). The zero-order valence-corrected chi connectivity index (χ0v) is 11.1. The summed E-state index contributed by atoms with van der Waals surface area (Å²) in [5.41, 5.74) is 3.84. The van der Waals surface area contributed by atoms with E-state index in [1.807, 2.05) is 30.3 Å². The van der Waals surface area contributed by atoms with Crippen LogP contribution in [0.5, 0.6) is 0 Å². The van der Waals surface area contributed by atoms with Crippen LogP contribution in [0, 0.1) is 0 Å². The van der Waals surface area contributed by atoms with Crippen LogP contribution in [0.1, 0.15) is 5.82 Å². The molecule has 1 heterocycles. The van der Waals surface area contributed by atoms with Crippen molar-refractivity contribution in [2.45, 2.75) is 0 Å². The first-order valence-electron chi connectivity index (χ1n) is 6.70. The van der Waals surface area contributed by atoms with Crippen LogP contribution in [0.3, 0.4) is 0 Å². The number of fused-ring (bicyclic) bond motifs is 2. The summed E-state index contributed by atoms with van der Waals surface area (Å²) in [6.07, 6.45) is 1.78. The maximum Gasteiger partial charge on any atom is 0.271 e. The number of hydrogen-bond donors (Lipinski definition) is 1. The molecule has 1 radical (unpaired) electrons. The van der Waals surface area contributed by atoms with Gasteiger partial charge in [-0.25, -0.2) is 4.98 Å². The van der Waals surface area contributed by atoms with Crippen molar-refractivity contribution in [3.05, 3.63) is 66.5 Å². The predicted octanol–water partition coefficient (Wildman–Crippen LogP) is 3.84. The molecular formula is C18H11N2O. The Hall–Kier alpha value is -2.94. The van der Waals surface area contributed by atoms with Gasteiger partial charge in [-0.3, -0.25) is 4.79 Å². The summed E-state index contributed by atoms with van der Waals surface area (Å²) < 4.78 is 0. The molecule has 0 fully saturated rings. The zero-order chi connectivity index (χ0) is 14.2. The van der Waals surface area contributed by atoms with E-state index in [2.05, 4.69) is 40.3 Å². The fourth-order valence-corrected chi connectivity index (χ4v) is 2.60. The van der Waals surface area contributed by atoms with Gasteiger partial charge >= 0.3 is 0 Å². The molecule has 3 nitrogen and oxygen atoms in total. The fourth-order valence-electron chi connectivity index (χ4n) is 2.60. The largest absolute Gasteiger partial charge is 0.335 e. The summed E-state index contributed by atoms with van der Waals surface area (Å²) in [6.45, 7) is 0. The topological polar surface area (TPSA) is 45.8 Å². The van der Waals surface area contributed by atoms with Crippen molar-refractivity contribution in [1.82, 2.24) is 9.97 Å². The van der Waals surface area contributed by atoms with Gasteiger partial charge in [-0.2, -0.15) is 0 Å². The maximum absolute atomic E-state index is 10.7. The van der Waals surface area contributed by atoms with Crippen molar-refractivity contribution in [2.75, 3.05) is 0 Å². The van der Waals surface area contributed by atoms with E-state index in [0.29, 0.717) is 0 Å². The van der Waals surface area contributed by atoms with E-state index in [9.17, 15) is 4.79 Å². The molecule has 21 heavy (non-hydrogen) atoms. The van der Waals surface area contributed by atoms with E-state index in [-0.39, 0.29) is 5.82 Å². The van der Waals surface area contributed by atoms with Crippen LogP contribution in [0.15, 0.2) is 60.7 Å². The Balaban J connectivity index is 1.88. The third-order valence-electron chi connectivity index (χ3n) is 3.66. The molecule has 0 atom stereocenters. The van der Waals surface area contributed by atoms with Crippen molar-refractivity contribution in [3.63, 3.8) is 0 Å². The molecule has 0 saturated heterocycles. The normalized spacial score (nSPS) is 11.0. The van der Waals surface area contributed by atoms with Gasteiger partial charge < -0.3 is 4.98 Å². The Bertz CT molecular complexity index is 969. The smallest absolute Gasteiger partial charge is 0.271 e. The molecule has 99 valence electrons. The Morgan fingerprint density at radius 2 is 1.62 bits per heavy atom. The van der Waals surface area contributed by atoms with E-state index in [1.165, 1.54) is 10.8 Å². The predicted molar refractivity (Wildman–Crippen MR) is 83.8 cm³/mol. The van der Waals surface area contributed by atoms with Gasteiger partial charge in [-0.1, -0.05) is 42.5 Å². The summed E-state index contributed by atoms with van der Waals surface area (Å²) in [7, 11) is 0. The van der Waals surface area contributed by atoms with Gasteiger partial charge in [0, 0.05) is 0 Å². The van der Waals surface area contributed by atoms with E-state index >= 15 is 0 Å². The van der Waals surface area contributed by atoms with Crippen LogP contribution >= 0.6 is 0 Å². The van der Waals surface area contributed by atoms with E-state index in [1.54, 1.807) is 6.29 Å². The highest BCUT2D eigenvalue weighted by molar-refractivity contribution is 5.90. The third kappa shape index (κ3) is 1.99. The van der Waals surface area contributed by atoms with Gasteiger partial charge in [-0.05, 0) is 40.1 Å². The Morgan fingerprint density at radius 3 is 2.48 bits per heavy atom. The molecule has 4 aromatic rings. The van der Waals surface area contributed by atoms with Crippen LogP contribution < -0.4 is 0 Å².